The third kappa shape index (κ3) is 3.15. The molecule has 1 aliphatic rings. The summed E-state index contributed by atoms with van der Waals surface area (Å²) in [6.07, 6.45) is 1.80. The van der Waals surface area contributed by atoms with Crippen molar-refractivity contribution in [3.63, 3.8) is 0 Å². The van der Waals surface area contributed by atoms with Crippen molar-refractivity contribution < 1.29 is 13.9 Å². The molecular weight excluding hydrogens is 233 g/mol. The van der Waals surface area contributed by atoms with Gasteiger partial charge in [0, 0.05) is 19.7 Å². The number of aldehydes is 1. The fourth-order valence-electron chi connectivity index (χ4n) is 2.37. The molecule has 0 aromatic heterocycles. The van der Waals surface area contributed by atoms with Crippen LogP contribution in [-0.2, 0) is 16.1 Å². The summed E-state index contributed by atoms with van der Waals surface area (Å²) < 4.78 is 18.1. The molecule has 1 fully saturated rings. The van der Waals surface area contributed by atoms with Gasteiger partial charge in [-0.3, -0.25) is 0 Å². The highest BCUT2D eigenvalue weighted by Crippen LogP contribution is 2.27. The van der Waals surface area contributed by atoms with Crippen LogP contribution in [0.2, 0.25) is 0 Å². The zero-order chi connectivity index (χ0) is 13.0. The molecular formula is C14H18FNO2. The maximum absolute atomic E-state index is 12.8. The Morgan fingerprint density at radius 1 is 1.44 bits per heavy atom. The van der Waals surface area contributed by atoms with E-state index in [-0.39, 0.29) is 11.2 Å². The molecule has 1 heterocycles. The maximum Gasteiger partial charge on any atom is 0.129 e. The quantitative estimate of drug-likeness (QED) is 0.748. The molecule has 18 heavy (non-hydrogen) atoms. The first-order valence-electron chi connectivity index (χ1n) is 6.11. The summed E-state index contributed by atoms with van der Waals surface area (Å²) >= 11 is 0. The number of nitrogens with zero attached hydrogens (tertiary/aromatic N) is 1. The average Bonchev–Trinajstić information content (AvgIpc) is 2.81. The van der Waals surface area contributed by atoms with Crippen molar-refractivity contribution in [1.82, 2.24) is 4.90 Å². The lowest BCUT2D eigenvalue weighted by molar-refractivity contribution is -0.117. The van der Waals surface area contributed by atoms with Crippen molar-refractivity contribution in [2.24, 2.45) is 5.41 Å². The van der Waals surface area contributed by atoms with Crippen LogP contribution in [0.1, 0.15) is 12.0 Å². The van der Waals surface area contributed by atoms with Crippen LogP contribution in [0.3, 0.4) is 0 Å². The first kappa shape index (κ1) is 13.2. The highest BCUT2D eigenvalue weighted by Gasteiger charge is 2.35. The normalized spacial score (nSPS) is 23.5. The molecule has 2 rings (SSSR count). The van der Waals surface area contributed by atoms with Crippen LogP contribution in [0.5, 0.6) is 0 Å². The van der Waals surface area contributed by atoms with Gasteiger partial charge in [0.2, 0.25) is 0 Å². The Labute approximate surface area is 107 Å². The lowest BCUT2D eigenvalue weighted by atomic mass is 9.88. The average molecular weight is 251 g/mol. The van der Waals surface area contributed by atoms with Gasteiger partial charge in [0.1, 0.15) is 12.1 Å². The van der Waals surface area contributed by atoms with Gasteiger partial charge in [-0.05, 0) is 31.2 Å². The van der Waals surface area contributed by atoms with Crippen molar-refractivity contribution in [1.29, 1.82) is 0 Å². The van der Waals surface area contributed by atoms with Crippen molar-refractivity contribution in [3.8, 4) is 0 Å². The molecule has 0 saturated carbocycles. The van der Waals surface area contributed by atoms with Gasteiger partial charge in [0.25, 0.3) is 0 Å². The van der Waals surface area contributed by atoms with Gasteiger partial charge in [-0.1, -0.05) is 12.1 Å². The van der Waals surface area contributed by atoms with Crippen LogP contribution < -0.4 is 0 Å². The van der Waals surface area contributed by atoms with E-state index in [1.165, 1.54) is 12.1 Å². The van der Waals surface area contributed by atoms with Crippen LogP contribution in [0, 0.1) is 11.2 Å². The van der Waals surface area contributed by atoms with Crippen molar-refractivity contribution in [2.45, 2.75) is 13.0 Å². The molecule has 1 aromatic carbocycles. The van der Waals surface area contributed by atoms with Gasteiger partial charge >= 0.3 is 0 Å². The smallest absolute Gasteiger partial charge is 0.129 e. The Morgan fingerprint density at radius 3 is 2.72 bits per heavy atom. The number of carbonyl (C=O) groups is 1. The molecule has 0 aliphatic carbocycles. The number of hydrogen-bond donors (Lipinski definition) is 0. The predicted octanol–water partition coefficient (Wildman–Crippen LogP) is 1.86. The molecule has 1 unspecified atom stereocenters. The minimum Gasteiger partial charge on any atom is -0.380 e. The summed E-state index contributed by atoms with van der Waals surface area (Å²) in [6.45, 7) is 2.54. The molecule has 0 spiro atoms. The summed E-state index contributed by atoms with van der Waals surface area (Å²) in [5.74, 6) is -0.227. The number of hydrogen-bond acceptors (Lipinski definition) is 3. The van der Waals surface area contributed by atoms with E-state index in [0.29, 0.717) is 26.3 Å². The number of ether oxygens (including phenoxy) is 1. The van der Waals surface area contributed by atoms with Gasteiger partial charge in [-0.25, -0.2) is 4.39 Å². The molecule has 0 amide bonds. The molecule has 98 valence electrons. The summed E-state index contributed by atoms with van der Waals surface area (Å²) in [5.41, 5.74) is 0.674. The van der Waals surface area contributed by atoms with E-state index in [4.69, 9.17) is 4.74 Å². The van der Waals surface area contributed by atoms with E-state index in [2.05, 4.69) is 4.90 Å². The molecule has 4 heteroatoms. The molecule has 1 saturated heterocycles. The van der Waals surface area contributed by atoms with E-state index in [0.717, 1.165) is 18.3 Å². The number of rotatable bonds is 5. The van der Waals surface area contributed by atoms with Crippen molar-refractivity contribution in [3.05, 3.63) is 35.6 Å². The minimum atomic E-state index is -0.366. The molecule has 0 bridgehead atoms. The van der Waals surface area contributed by atoms with Crippen molar-refractivity contribution in [2.75, 3.05) is 26.8 Å². The second-order valence-electron chi connectivity index (χ2n) is 5.08. The topological polar surface area (TPSA) is 29.5 Å². The zero-order valence-electron chi connectivity index (χ0n) is 10.6. The van der Waals surface area contributed by atoms with Crippen LogP contribution in [-0.4, -0.2) is 38.0 Å². The fourth-order valence-corrected chi connectivity index (χ4v) is 2.37. The maximum atomic E-state index is 12.8. The number of benzene rings is 1. The molecule has 0 radical (unpaired) electrons. The Balaban J connectivity index is 1.93. The van der Waals surface area contributed by atoms with E-state index in [1.54, 1.807) is 12.1 Å². The highest BCUT2D eigenvalue weighted by atomic mass is 19.1. The Bertz CT molecular complexity index is 399. The molecule has 1 aliphatic heterocycles. The summed E-state index contributed by atoms with van der Waals surface area (Å²) in [4.78, 5) is 13.3. The Kier molecular flexibility index (Phi) is 4.09. The lowest BCUT2D eigenvalue weighted by Gasteiger charge is -2.27. The van der Waals surface area contributed by atoms with E-state index in [1.807, 2.05) is 7.05 Å². The molecule has 3 nitrogen and oxygen atoms in total. The molecule has 1 aromatic rings. The summed E-state index contributed by atoms with van der Waals surface area (Å²) in [6, 6.07) is 6.45. The summed E-state index contributed by atoms with van der Waals surface area (Å²) in [7, 11) is 1.97. The van der Waals surface area contributed by atoms with Crippen LogP contribution >= 0.6 is 0 Å². The van der Waals surface area contributed by atoms with Gasteiger partial charge in [-0.15, -0.1) is 0 Å². The first-order chi connectivity index (χ1) is 8.63. The lowest BCUT2D eigenvalue weighted by Crippen LogP contribution is -2.37. The predicted molar refractivity (Wildman–Crippen MR) is 66.7 cm³/mol. The van der Waals surface area contributed by atoms with Crippen LogP contribution in [0.15, 0.2) is 24.3 Å². The zero-order valence-corrected chi connectivity index (χ0v) is 10.6. The van der Waals surface area contributed by atoms with Gasteiger partial charge < -0.3 is 14.4 Å². The van der Waals surface area contributed by atoms with Crippen molar-refractivity contribution >= 4 is 6.29 Å². The van der Waals surface area contributed by atoms with E-state index >= 15 is 0 Å². The largest absolute Gasteiger partial charge is 0.380 e. The Hall–Kier alpha value is -1.26. The third-order valence-electron chi connectivity index (χ3n) is 3.33. The molecule has 0 N–H and O–H groups in total. The van der Waals surface area contributed by atoms with Gasteiger partial charge in [0.15, 0.2) is 0 Å². The van der Waals surface area contributed by atoms with Crippen LogP contribution in [0.4, 0.5) is 4.39 Å². The second-order valence-corrected chi connectivity index (χ2v) is 5.08. The van der Waals surface area contributed by atoms with E-state index in [9.17, 15) is 9.18 Å². The summed E-state index contributed by atoms with van der Waals surface area (Å²) in [5, 5.41) is 0. The number of carbonyl (C=O) groups excluding carboxylic acids is 1. The molecule has 1 atom stereocenters. The van der Waals surface area contributed by atoms with Gasteiger partial charge in [-0.2, -0.15) is 0 Å². The van der Waals surface area contributed by atoms with Crippen LogP contribution in [0.25, 0.3) is 0 Å². The SMILES string of the molecule is CN(Cc1ccc(F)cc1)CC1(C=O)CCOC1. The van der Waals surface area contributed by atoms with Gasteiger partial charge in [0.05, 0.1) is 12.0 Å². The fraction of sp³-hybridized carbons (Fsp3) is 0.500. The number of halogens is 1. The Morgan fingerprint density at radius 2 is 2.17 bits per heavy atom. The standard InChI is InChI=1S/C14H18FNO2/c1-16(8-12-2-4-13(15)5-3-12)9-14(10-17)6-7-18-11-14/h2-5,10H,6-9,11H2,1H3. The first-order valence-corrected chi connectivity index (χ1v) is 6.11. The third-order valence-corrected chi connectivity index (χ3v) is 3.33. The van der Waals surface area contributed by atoms with E-state index < -0.39 is 0 Å². The second kappa shape index (κ2) is 5.59. The monoisotopic (exact) mass is 251 g/mol. The highest BCUT2D eigenvalue weighted by molar-refractivity contribution is 5.60. The minimum absolute atomic E-state index is 0.227.